The van der Waals surface area contributed by atoms with E-state index in [9.17, 15) is 9.59 Å². The van der Waals surface area contributed by atoms with Crippen LogP contribution in [0.3, 0.4) is 0 Å². The first-order chi connectivity index (χ1) is 12.9. The highest BCUT2D eigenvalue weighted by Crippen LogP contribution is 2.32. The predicted octanol–water partition coefficient (Wildman–Crippen LogP) is 4.38. The van der Waals surface area contributed by atoms with Crippen LogP contribution in [0.25, 0.3) is 6.08 Å². The van der Waals surface area contributed by atoms with E-state index < -0.39 is 0 Å². The molecular formula is C19H19N3O2S3. The van der Waals surface area contributed by atoms with E-state index in [1.54, 1.807) is 4.90 Å². The summed E-state index contributed by atoms with van der Waals surface area (Å²) in [5.74, 6) is -0.202. The van der Waals surface area contributed by atoms with Crippen LogP contribution in [0.5, 0.6) is 0 Å². The molecule has 8 heteroatoms. The number of hydrogen-bond donors (Lipinski definition) is 1. The van der Waals surface area contributed by atoms with Gasteiger partial charge in [0.2, 0.25) is 5.91 Å². The molecule has 2 aromatic rings. The summed E-state index contributed by atoms with van der Waals surface area (Å²) >= 11 is 8.04. The van der Waals surface area contributed by atoms with E-state index in [0.29, 0.717) is 33.7 Å². The van der Waals surface area contributed by atoms with Gasteiger partial charge < -0.3 is 5.32 Å². The third-order valence-electron chi connectivity index (χ3n) is 3.90. The lowest BCUT2D eigenvalue weighted by molar-refractivity contribution is -0.122. The first-order valence-electron chi connectivity index (χ1n) is 8.46. The Morgan fingerprint density at radius 3 is 2.70 bits per heavy atom. The number of aromatic nitrogens is 1. The fraction of sp³-hybridized carbons (Fsp3) is 0.263. The fourth-order valence-electron chi connectivity index (χ4n) is 2.50. The van der Waals surface area contributed by atoms with Crippen molar-refractivity contribution < 1.29 is 9.59 Å². The zero-order chi connectivity index (χ0) is 19.4. The number of rotatable bonds is 6. The molecule has 27 heavy (non-hydrogen) atoms. The van der Waals surface area contributed by atoms with Gasteiger partial charge in [0.15, 0.2) is 5.13 Å². The van der Waals surface area contributed by atoms with Gasteiger partial charge in [-0.3, -0.25) is 14.5 Å². The topological polar surface area (TPSA) is 62.3 Å². The molecule has 1 N–H and O–H groups in total. The number of thioether (sulfide) groups is 1. The van der Waals surface area contributed by atoms with E-state index in [1.807, 2.05) is 49.6 Å². The first kappa shape index (κ1) is 19.7. The lowest BCUT2D eigenvalue weighted by Gasteiger charge is -2.13. The normalized spacial score (nSPS) is 15.6. The number of carbonyl (C=O) groups is 2. The number of hydrogen-bond acceptors (Lipinski definition) is 6. The molecule has 2 heterocycles. The van der Waals surface area contributed by atoms with Crippen LogP contribution in [-0.4, -0.2) is 32.6 Å². The second-order valence-corrected chi connectivity index (χ2v) is 8.72. The van der Waals surface area contributed by atoms with Crippen molar-refractivity contribution in [2.75, 3.05) is 11.9 Å². The van der Waals surface area contributed by atoms with E-state index in [0.717, 1.165) is 11.3 Å². The molecule has 1 saturated heterocycles. The number of aryl methyl sites for hydroxylation is 2. The quantitative estimate of drug-likeness (QED) is 0.558. The third-order valence-corrected chi connectivity index (χ3v) is 6.15. The third kappa shape index (κ3) is 5.24. The zero-order valence-electron chi connectivity index (χ0n) is 15.0. The summed E-state index contributed by atoms with van der Waals surface area (Å²) in [6, 6.07) is 7.98. The molecule has 1 aliphatic rings. The fourth-order valence-corrected chi connectivity index (χ4v) is 4.51. The Bertz CT molecular complexity index is 903. The number of anilines is 1. The highest BCUT2D eigenvalue weighted by atomic mass is 32.2. The predicted molar refractivity (Wildman–Crippen MR) is 116 cm³/mol. The zero-order valence-corrected chi connectivity index (χ0v) is 17.5. The van der Waals surface area contributed by atoms with Crippen LogP contribution in [0.1, 0.15) is 29.7 Å². The maximum absolute atomic E-state index is 12.6. The molecule has 140 valence electrons. The summed E-state index contributed by atoms with van der Waals surface area (Å²) < 4.78 is 0.536. The van der Waals surface area contributed by atoms with E-state index in [2.05, 4.69) is 10.3 Å². The molecule has 0 unspecified atom stereocenters. The highest BCUT2D eigenvalue weighted by molar-refractivity contribution is 8.26. The Morgan fingerprint density at radius 1 is 1.30 bits per heavy atom. The molecule has 1 aromatic heterocycles. The van der Waals surface area contributed by atoms with Gasteiger partial charge in [0.25, 0.3) is 5.91 Å². The number of nitrogens with zero attached hydrogens (tertiary/aromatic N) is 2. The maximum atomic E-state index is 12.6. The maximum Gasteiger partial charge on any atom is 0.266 e. The van der Waals surface area contributed by atoms with E-state index in [1.165, 1.54) is 28.7 Å². The van der Waals surface area contributed by atoms with Crippen LogP contribution >= 0.6 is 35.3 Å². The van der Waals surface area contributed by atoms with Gasteiger partial charge in [-0.25, -0.2) is 4.98 Å². The second kappa shape index (κ2) is 8.77. The first-order valence-corrected chi connectivity index (χ1v) is 10.6. The minimum absolute atomic E-state index is 0.0958. The van der Waals surface area contributed by atoms with Crippen LogP contribution < -0.4 is 5.32 Å². The smallest absolute Gasteiger partial charge is 0.266 e. The van der Waals surface area contributed by atoms with Crippen molar-refractivity contribution in [1.82, 2.24) is 9.88 Å². The molecule has 1 fully saturated rings. The minimum atomic E-state index is -0.106. The molecule has 1 aromatic carbocycles. The molecule has 0 radical (unpaired) electrons. The van der Waals surface area contributed by atoms with Crippen LogP contribution in [0, 0.1) is 13.8 Å². The van der Waals surface area contributed by atoms with Gasteiger partial charge >= 0.3 is 0 Å². The summed E-state index contributed by atoms with van der Waals surface area (Å²) in [4.78, 5) is 31.0. The molecule has 0 aliphatic carbocycles. The molecule has 0 bridgehead atoms. The molecule has 5 nitrogen and oxygen atoms in total. The minimum Gasteiger partial charge on any atom is -0.302 e. The number of thiocarbonyl (C=S) groups is 1. The van der Waals surface area contributed by atoms with Crippen molar-refractivity contribution in [2.24, 2.45) is 0 Å². The second-order valence-electron chi connectivity index (χ2n) is 6.19. The van der Waals surface area contributed by atoms with E-state index in [-0.39, 0.29) is 11.8 Å². The molecule has 0 spiro atoms. The SMILES string of the molecule is Cc1ccc(/C=C2/SC(=S)N(CCCC(=O)Nc3nc(C)cs3)C2=O)cc1. The van der Waals surface area contributed by atoms with Crippen LogP contribution in [0.4, 0.5) is 5.13 Å². The molecular weight excluding hydrogens is 398 g/mol. The average molecular weight is 418 g/mol. The van der Waals surface area contributed by atoms with Gasteiger partial charge in [-0.15, -0.1) is 11.3 Å². The van der Waals surface area contributed by atoms with E-state index in [4.69, 9.17) is 12.2 Å². The average Bonchev–Trinajstić information content (AvgIpc) is 3.14. The summed E-state index contributed by atoms with van der Waals surface area (Å²) in [5.41, 5.74) is 3.03. The lowest BCUT2D eigenvalue weighted by Crippen LogP contribution is -2.29. The number of carbonyl (C=O) groups excluding carboxylic acids is 2. The molecule has 0 saturated carbocycles. The van der Waals surface area contributed by atoms with Crippen LogP contribution in [0.2, 0.25) is 0 Å². The van der Waals surface area contributed by atoms with Crippen LogP contribution in [-0.2, 0) is 9.59 Å². The van der Waals surface area contributed by atoms with Crippen molar-refractivity contribution in [1.29, 1.82) is 0 Å². The molecule has 2 amide bonds. The monoisotopic (exact) mass is 417 g/mol. The summed E-state index contributed by atoms with van der Waals surface area (Å²) in [7, 11) is 0. The lowest BCUT2D eigenvalue weighted by atomic mass is 10.1. The van der Waals surface area contributed by atoms with Crippen LogP contribution in [0.15, 0.2) is 34.6 Å². The van der Waals surface area contributed by atoms with Gasteiger partial charge in [-0.1, -0.05) is 53.8 Å². The van der Waals surface area contributed by atoms with Crippen molar-refractivity contribution in [3.05, 3.63) is 51.4 Å². The number of benzene rings is 1. The van der Waals surface area contributed by atoms with Gasteiger partial charge in [0, 0.05) is 18.3 Å². The van der Waals surface area contributed by atoms with Gasteiger partial charge in [-0.05, 0) is 31.9 Å². The number of nitrogens with one attached hydrogen (secondary N) is 1. The number of amides is 2. The largest absolute Gasteiger partial charge is 0.302 e. The summed E-state index contributed by atoms with van der Waals surface area (Å²) in [5, 5.41) is 5.26. The molecule has 3 rings (SSSR count). The van der Waals surface area contributed by atoms with Crippen molar-refractivity contribution >= 4 is 62.7 Å². The van der Waals surface area contributed by atoms with Crippen molar-refractivity contribution in [3.63, 3.8) is 0 Å². The van der Waals surface area contributed by atoms with Crippen molar-refractivity contribution in [2.45, 2.75) is 26.7 Å². The highest BCUT2D eigenvalue weighted by Gasteiger charge is 2.31. The van der Waals surface area contributed by atoms with Gasteiger partial charge in [0.1, 0.15) is 4.32 Å². The Hall–Kier alpha value is -2.03. The summed E-state index contributed by atoms with van der Waals surface area (Å²) in [6.45, 7) is 4.33. The Labute approximate surface area is 171 Å². The molecule has 1 aliphatic heterocycles. The summed E-state index contributed by atoms with van der Waals surface area (Å²) in [6.07, 6.45) is 2.71. The Balaban J connectivity index is 1.53. The standard InChI is InChI=1S/C19H19N3O2S3/c1-12-5-7-14(8-6-12)10-15-17(24)22(19(25)27-15)9-3-4-16(23)21-18-20-13(2)11-26-18/h5-8,10-11H,3-4,9H2,1-2H3,(H,20,21,23)/b15-10+. The number of thiazole rings is 1. The molecule has 0 atom stereocenters. The van der Waals surface area contributed by atoms with Gasteiger partial charge in [0.05, 0.1) is 10.6 Å². The Morgan fingerprint density at radius 2 is 2.04 bits per heavy atom. The van der Waals surface area contributed by atoms with Gasteiger partial charge in [-0.2, -0.15) is 0 Å². The van der Waals surface area contributed by atoms with Crippen molar-refractivity contribution in [3.8, 4) is 0 Å². The van der Waals surface area contributed by atoms with E-state index >= 15 is 0 Å². The Kier molecular flexibility index (Phi) is 6.41.